The lowest BCUT2D eigenvalue weighted by atomic mass is 10.1. The molecule has 14 heavy (non-hydrogen) atoms. The van der Waals surface area contributed by atoms with Crippen molar-refractivity contribution in [3.05, 3.63) is 0 Å². The molecule has 0 spiro atoms. The molecular weight excluding hydrogens is 200 g/mol. The summed E-state index contributed by atoms with van der Waals surface area (Å²) in [5, 5.41) is 0. The van der Waals surface area contributed by atoms with Gasteiger partial charge in [-0.3, -0.25) is 0 Å². The van der Waals surface area contributed by atoms with Crippen LogP contribution in [-0.4, -0.2) is 26.8 Å². The molecular formula is C9H22N2O2S. The van der Waals surface area contributed by atoms with Crippen molar-refractivity contribution in [3.8, 4) is 0 Å². The largest absolute Gasteiger partial charge is 0.330 e. The highest BCUT2D eigenvalue weighted by atomic mass is 32.2. The Labute approximate surface area is 87.3 Å². The first-order valence-electron chi connectivity index (χ1n) is 5.07. The van der Waals surface area contributed by atoms with Crippen molar-refractivity contribution in [3.63, 3.8) is 0 Å². The van der Waals surface area contributed by atoms with Gasteiger partial charge in [0.15, 0.2) is 0 Å². The molecule has 0 saturated carbocycles. The number of rotatable bonds is 7. The molecule has 0 amide bonds. The topological polar surface area (TPSA) is 72.2 Å². The van der Waals surface area contributed by atoms with E-state index in [1.54, 1.807) is 0 Å². The van der Waals surface area contributed by atoms with Gasteiger partial charge in [-0.2, -0.15) is 0 Å². The third-order valence-electron chi connectivity index (χ3n) is 1.82. The SMILES string of the molecule is CC(C)CC(C)NS(=O)(=O)CCCN. The minimum absolute atomic E-state index is 0.0118. The van der Waals surface area contributed by atoms with Gasteiger partial charge in [-0.25, -0.2) is 13.1 Å². The fourth-order valence-electron chi connectivity index (χ4n) is 1.39. The van der Waals surface area contributed by atoms with Crippen molar-refractivity contribution in [2.24, 2.45) is 11.7 Å². The summed E-state index contributed by atoms with van der Waals surface area (Å²) in [7, 11) is -3.12. The zero-order valence-corrected chi connectivity index (χ0v) is 10.1. The molecule has 0 aliphatic heterocycles. The van der Waals surface area contributed by atoms with Crippen molar-refractivity contribution < 1.29 is 8.42 Å². The van der Waals surface area contributed by atoms with Gasteiger partial charge in [-0.1, -0.05) is 13.8 Å². The Balaban J connectivity index is 3.96. The quantitative estimate of drug-likeness (QED) is 0.665. The molecule has 0 saturated heterocycles. The molecule has 0 aromatic carbocycles. The van der Waals surface area contributed by atoms with Crippen LogP contribution in [0.5, 0.6) is 0 Å². The number of hydrogen-bond donors (Lipinski definition) is 2. The summed E-state index contributed by atoms with van der Waals surface area (Å²) in [5.74, 6) is 0.633. The second-order valence-electron chi connectivity index (χ2n) is 4.11. The van der Waals surface area contributed by atoms with Gasteiger partial charge in [-0.05, 0) is 32.2 Å². The first-order valence-corrected chi connectivity index (χ1v) is 6.72. The van der Waals surface area contributed by atoms with Gasteiger partial charge in [0.1, 0.15) is 0 Å². The maximum absolute atomic E-state index is 11.4. The molecule has 5 heteroatoms. The predicted molar refractivity (Wildman–Crippen MR) is 59.5 cm³/mol. The van der Waals surface area contributed by atoms with Gasteiger partial charge in [-0.15, -0.1) is 0 Å². The third-order valence-corrected chi connectivity index (χ3v) is 3.41. The smallest absolute Gasteiger partial charge is 0.211 e. The van der Waals surface area contributed by atoms with E-state index in [9.17, 15) is 8.42 Å². The van der Waals surface area contributed by atoms with E-state index in [1.165, 1.54) is 0 Å². The highest BCUT2D eigenvalue weighted by Crippen LogP contribution is 2.05. The molecule has 0 radical (unpaired) electrons. The summed E-state index contributed by atoms with van der Waals surface area (Å²) in [6.45, 7) is 6.45. The van der Waals surface area contributed by atoms with Gasteiger partial charge in [0.05, 0.1) is 5.75 Å². The molecule has 1 unspecified atom stereocenters. The van der Waals surface area contributed by atoms with Gasteiger partial charge >= 0.3 is 0 Å². The predicted octanol–water partition coefficient (Wildman–Crippen LogP) is 0.689. The molecule has 0 fully saturated rings. The molecule has 0 rings (SSSR count). The Morgan fingerprint density at radius 2 is 1.86 bits per heavy atom. The number of nitrogens with one attached hydrogen (secondary N) is 1. The van der Waals surface area contributed by atoms with Crippen LogP contribution in [0.15, 0.2) is 0 Å². The van der Waals surface area contributed by atoms with Gasteiger partial charge in [0, 0.05) is 6.04 Å². The van der Waals surface area contributed by atoms with Gasteiger partial charge in [0.25, 0.3) is 0 Å². The maximum Gasteiger partial charge on any atom is 0.211 e. The van der Waals surface area contributed by atoms with Crippen LogP contribution in [0, 0.1) is 5.92 Å². The molecule has 0 heterocycles. The zero-order chi connectivity index (χ0) is 11.2. The maximum atomic E-state index is 11.4. The number of sulfonamides is 1. The fourth-order valence-corrected chi connectivity index (χ4v) is 2.77. The van der Waals surface area contributed by atoms with E-state index in [4.69, 9.17) is 5.73 Å². The molecule has 0 aliphatic rings. The lowest BCUT2D eigenvalue weighted by Crippen LogP contribution is -2.35. The first-order chi connectivity index (χ1) is 6.37. The molecule has 4 nitrogen and oxygen atoms in total. The number of nitrogens with two attached hydrogens (primary N) is 1. The Hall–Kier alpha value is -0.130. The Bertz CT molecular complexity index is 237. The molecule has 0 aliphatic carbocycles. The van der Waals surface area contributed by atoms with Crippen LogP contribution >= 0.6 is 0 Å². The van der Waals surface area contributed by atoms with E-state index in [0.29, 0.717) is 18.9 Å². The molecule has 0 aromatic rings. The van der Waals surface area contributed by atoms with E-state index < -0.39 is 10.0 Å². The van der Waals surface area contributed by atoms with Crippen molar-refractivity contribution in [1.29, 1.82) is 0 Å². The molecule has 1 atom stereocenters. The summed E-state index contributed by atoms with van der Waals surface area (Å²) in [4.78, 5) is 0. The van der Waals surface area contributed by atoms with Crippen molar-refractivity contribution in [2.45, 2.75) is 39.7 Å². The highest BCUT2D eigenvalue weighted by molar-refractivity contribution is 7.89. The monoisotopic (exact) mass is 222 g/mol. The van der Waals surface area contributed by atoms with Gasteiger partial charge < -0.3 is 5.73 Å². The highest BCUT2D eigenvalue weighted by Gasteiger charge is 2.14. The van der Waals surface area contributed by atoms with E-state index in [0.717, 1.165) is 6.42 Å². The van der Waals surface area contributed by atoms with Crippen molar-refractivity contribution >= 4 is 10.0 Å². The third kappa shape index (κ3) is 7.29. The van der Waals surface area contributed by atoms with E-state index >= 15 is 0 Å². The first kappa shape index (κ1) is 13.9. The molecule has 0 aromatic heterocycles. The van der Waals surface area contributed by atoms with Crippen LogP contribution in [0.1, 0.15) is 33.6 Å². The van der Waals surface area contributed by atoms with Crippen LogP contribution in [-0.2, 0) is 10.0 Å². The lowest BCUT2D eigenvalue weighted by molar-refractivity contribution is 0.482. The van der Waals surface area contributed by atoms with E-state index in [-0.39, 0.29) is 11.8 Å². The zero-order valence-electron chi connectivity index (χ0n) is 9.29. The van der Waals surface area contributed by atoms with Crippen molar-refractivity contribution in [1.82, 2.24) is 4.72 Å². The Kier molecular flexibility index (Phi) is 6.31. The van der Waals surface area contributed by atoms with Crippen molar-refractivity contribution in [2.75, 3.05) is 12.3 Å². The van der Waals surface area contributed by atoms with Crippen LogP contribution in [0.4, 0.5) is 0 Å². The van der Waals surface area contributed by atoms with Crippen LogP contribution in [0.2, 0.25) is 0 Å². The van der Waals surface area contributed by atoms with Crippen LogP contribution in [0.3, 0.4) is 0 Å². The summed E-state index contributed by atoms with van der Waals surface area (Å²) >= 11 is 0. The average molecular weight is 222 g/mol. The Morgan fingerprint density at radius 1 is 1.29 bits per heavy atom. The lowest BCUT2D eigenvalue weighted by Gasteiger charge is -2.15. The normalized spacial score (nSPS) is 14.6. The summed E-state index contributed by atoms with van der Waals surface area (Å²) < 4.78 is 25.5. The van der Waals surface area contributed by atoms with Crippen LogP contribution < -0.4 is 10.5 Å². The second kappa shape index (κ2) is 6.37. The second-order valence-corrected chi connectivity index (χ2v) is 5.98. The minimum atomic E-state index is -3.12. The van der Waals surface area contributed by atoms with Gasteiger partial charge in [0.2, 0.25) is 10.0 Å². The fraction of sp³-hybridized carbons (Fsp3) is 1.00. The summed E-state index contributed by atoms with van der Waals surface area (Å²) in [6.07, 6.45) is 1.38. The molecule has 86 valence electrons. The Morgan fingerprint density at radius 3 is 2.29 bits per heavy atom. The standard InChI is InChI=1S/C9H22N2O2S/c1-8(2)7-9(3)11-14(12,13)6-4-5-10/h8-9,11H,4-7,10H2,1-3H3. The van der Waals surface area contributed by atoms with E-state index in [2.05, 4.69) is 18.6 Å². The molecule has 3 N–H and O–H groups in total. The summed E-state index contributed by atoms with van der Waals surface area (Å²) in [5.41, 5.74) is 5.26. The minimum Gasteiger partial charge on any atom is -0.330 e. The van der Waals surface area contributed by atoms with E-state index in [1.807, 2.05) is 6.92 Å². The van der Waals surface area contributed by atoms with Crippen LogP contribution in [0.25, 0.3) is 0 Å². The molecule has 0 bridgehead atoms. The average Bonchev–Trinajstić information content (AvgIpc) is 1.98. The summed E-state index contributed by atoms with van der Waals surface area (Å²) in [6, 6.07) is 0.0118. The number of hydrogen-bond acceptors (Lipinski definition) is 3.